The van der Waals surface area contributed by atoms with Crippen molar-refractivity contribution in [1.29, 1.82) is 0 Å². The van der Waals surface area contributed by atoms with Crippen molar-refractivity contribution in [2.24, 2.45) is 4.99 Å². The lowest BCUT2D eigenvalue weighted by Crippen LogP contribution is -2.52. The molecule has 0 bridgehead atoms. The Labute approximate surface area is 167 Å². The van der Waals surface area contributed by atoms with Gasteiger partial charge in [-0.1, -0.05) is 24.3 Å². The van der Waals surface area contributed by atoms with E-state index in [1.165, 1.54) is 5.69 Å². The molecule has 28 heavy (non-hydrogen) atoms. The van der Waals surface area contributed by atoms with Crippen LogP contribution in [0.4, 0.5) is 5.69 Å². The zero-order valence-corrected chi connectivity index (χ0v) is 16.7. The van der Waals surface area contributed by atoms with Crippen molar-refractivity contribution in [2.45, 2.75) is 6.54 Å². The summed E-state index contributed by atoms with van der Waals surface area (Å²) in [5, 5.41) is 3.44. The van der Waals surface area contributed by atoms with Crippen LogP contribution in [0.1, 0.15) is 5.56 Å². The molecule has 1 fully saturated rings. The quantitative estimate of drug-likeness (QED) is 0.448. The predicted octanol–water partition coefficient (Wildman–Crippen LogP) is 2.00. The first kappa shape index (κ1) is 19.9. The van der Waals surface area contributed by atoms with Gasteiger partial charge in [0.25, 0.3) is 0 Å². The minimum absolute atomic E-state index is 0.503. The first-order valence-electron chi connectivity index (χ1n) is 9.62. The minimum atomic E-state index is 0.503. The smallest absolute Gasteiger partial charge is 0.213 e. The lowest BCUT2D eigenvalue weighted by molar-refractivity contribution is 0.143. The molecule has 2 heterocycles. The molecule has 1 saturated heterocycles. The molecule has 1 aliphatic heterocycles. The van der Waals surface area contributed by atoms with Crippen LogP contribution in [0, 0.1) is 0 Å². The molecule has 150 valence electrons. The molecule has 1 aromatic carbocycles. The van der Waals surface area contributed by atoms with Gasteiger partial charge in [0, 0.05) is 64.8 Å². The Bertz CT molecular complexity index is 728. The standard InChI is InChI=1S/C21H29N5O2/c1-22-21(24-17-18-8-9-20(23-16-18)28-15-14-27-2)26-12-10-25(11-13-26)19-6-4-3-5-7-19/h3-9,16H,10-15,17H2,1-2H3,(H,22,24). The minimum Gasteiger partial charge on any atom is -0.475 e. The summed E-state index contributed by atoms with van der Waals surface area (Å²) >= 11 is 0. The Morgan fingerprint density at radius 2 is 1.86 bits per heavy atom. The van der Waals surface area contributed by atoms with Gasteiger partial charge in [0.05, 0.1) is 6.61 Å². The van der Waals surface area contributed by atoms with Crippen molar-refractivity contribution < 1.29 is 9.47 Å². The molecular weight excluding hydrogens is 354 g/mol. The first-order valence-corrected chi connectivity index (χ1v) is 9.62. The summed E-state index contributed by atoms with van der Waals surface area (Å²) in [6.07, 6.45) is 1.83. The van der Waals surface area contributed by atoms with E-state index >= 15 is 0 Å². The zero-order valence-electron chi connectivity index (χ0n) is 16.7. The molecule has 0 amide bonds. The van der Waals surface area contributed by atoms with Crippen LogP contribution in [0.25, 0.3) is 0 Å². The maximum absolute atomic E-state index is 5.50. The van der Waals surface area contributed by atoms with Crippen LogP contribution in [0.3, 0.4) is 0 Å². The second-order valence-corrected chi connectivity index (χ2v) is 6.56. The van der Waals surface area contributed by atoms with E-state index in [1.54, 1.807) is 7.11 Å². The highest BCUT2D eigenvalue weighted by Gasteiger charge is 2.19. The summed E-state index contributed by atoms with van der Waals surface area (Å²) in [6, 6.07) is 14.5. The second kappa shape index (κ2) is 10.5. The maximum Gasteiger partial charge on any atom is 0.213 e. The summed E-state index contributed by atoms with van der Waals surface area (Å²) in [5.41, 5.74) is 2.37. The SMILES string of the molecule is CN=C(NCc1ccc(OCCOC)nc1)N1CCN(c2ccccc2)CC1. The van der Waals surface area contributed by atoms with E-state index in [-0.39, 0.29) is 0 Å². The molecule has 2 aromatic rings. The average molecular weight is 383 g/mol. The molecule has 0 atom stereocenters. The van der Waals surface area contributed by atoms with Gasteiger partial charge in [-0.15, -0.1) is 0 Å². The molecule has 0 aliphatic carbocycles. The third-order valence-corrected chi connectivity index (χ3v) is 4.70. The predicted molar refractivity (Wildman–Crippen MR) is 112 cm³/mol. The number of aromatic nitrogens is 1. The number of methoxy groups -OCH3 is 1. The molecule has 1 aromatic heterocycles. The van der Waals surface area contributed by atoms with Crippen molar-refractivity contribution in [1.82, 2.24) is 15.2 Å². The van der Waals surface area contributed by atoms with Gasteiger partial charge in [0.2, 0.25) is 5.88 Å². The van der Waals surface area contributed by atoms with Gasteiger partial charge in [-0.25, -0.2) is 4.98 Å². The number of hydrogen-bond acceptors (Lipinski definition) is 5. The lowest BCUT2D eigenvalue weighted by atomic mass is 10.2. The summed E-state index contributed by atoms with van der Waals surface area (Å²) < 4.78 is 10.5. The zero-order chi connectivity index (χ0) is 19.6. The van der Waals surface area contributed by atoms with Crippen LogP contribution in [0.15, 0.2) is 53.7 Å². The number of guanidine groups is 1. The van der Waals surface area contributed by atoms with Crippen molar-refractivity contribution in [2.75, 3.05) is 58.5 Å². The van der Waals surface area contributed by atoms with Crippen molar-refractivity contribution >= 4 is 11.6 Å². The van der Waals surface area contributed by atoms with Crippen LogP contribution >= 0.6 is 0 Å². The van der Waals surface area contributed by atoms with Crippen LogP contribution in [-0.4, -0.2) is 69.4 Å². The van der Waals surface area contributed by atoms with Crippen LogP contribution in [-0.2, 0) is 11.3 Å². The van der Waals surface area contributed by atoms with E-state index < -0.39 is 0 Å². The number of para-hydroxylation sites is 1. The summed E-state index contributed by atoms with van der Waals surface area (Å²) in [5.74, 6) is 1.54. The Hall–Kier alpha value is -2.80. The van der Waals surface area contributed by atoms with Crippen molar-refractivity contribution in [3.63, 3.8) is 0 Å². The molecule has 0 saturated carbocycles. The third-order valence-electron chi connectivity index (χ3n) is 4.70. The van der Waals surface area contributed by atoms with Crippen LogP contribution in [0.5, 0.6) is 5.88 Å². The normalized spacial score (nSPS) is 14.9. The molecule has 7 heteroatoms. The van der Waals surface area contributed by atoms with Crippen molar-refractivity contribution in [3.05, 3.63) is 54.2 Å². The number of piperazine rings is 1. The highest BCUT2D eigenvalue weighted by atomic mass is 16.5. The molecule has 0 radical (unpaired) electrons. The largest absolute Gasteiger partial charge is 0.475 e. The van der Waals surface area contributed by atoms with Crippen molar-refractivity contribution in [3.8, 4) is 5.88 Å². The number of nitrogens with one attached hydrogen (secondary N) is 1. The number of aliphatic imine (C=N–C) groups is 1. The highest BCUT2D eigenvalue weighted by molar-refractivity contribution is 5.80. The third kappa shape index (κ3) is 5.60. The van der Waals surface area contributed by atoms with Gasteiger partial charge >= 0.3 is 0 Å². The molecule has 7 nitrogen and oxygen atoms in total. The topological polar surface area (TPSA) is 62.2 Å². The Morgan fingerprint density at radius 1 is 1.07 bits per heavy atom. The number of nitrogens with zero attached hydrogens (tertiary/aromatic N) is 4. The maximum atomic E-state index is 5.50. The first-order chi connectivity index (χ1) is 13.8. The molecule has 1 N–H and O–H groups in total. The molecular formula is C21H29N5O2. The lowest BCUT2D eigenvalue weighted by Gasteiger charge is -2.37. The molecule has 0 spiro atoms. The van der Waals surface area contributed by atoms with E-state index in [1.807, 2.05) is 25.4 Å². The fourth-order valence-corrected chi connectivity index (χ4v) is 3.16. The van der Waals surface area contributed by atoms with Gasteiger partial charge < -0.3 is 24.6 Å². The summed E-state index contributed by atoms with van der Waals surface area (Å²) in [7, 11) is 3.48. The number of pyridine rings is 1. The highest BCUT2D eigenvalue weighted by Crippen LogP contribution is 2.15. The number of hydrogen-bond donors (Lipinski definition) is 1. The van der Waals surface area contributed by atoms with Crippen LogP contribution in [0.2, 0.25) is 0 Å². The van der Waals surface area contributed by atoms with Crippen LogP contribution < -0.4 is 15.0 Å². The average Bonchev–Trinajstić information content (AvgIpc) is 2.76. The van der Waals surface area contributed by atoms with E-state index in [2.05, 4.69) is 55.4 Å². The van der Waals surface area contributed by atoms with Gasteiger partial charge in [-0.2, -0.15) is 0 Å². The monoisotopic (exact) mass is 383 g/mol. The summed E-state index contributed by atoms with van der Waals surface area (Å²) in [4.78, 5) is 13.5. The van der Waals surface area contributed by atoms with E-state index in [4.69, 9.17) is 9.47 Å². The summed E-state index contributed by atoms with van der Waals surface area (Å²) in [6.45, 7) is 5.59. The number of anilines is 1. The Morgan fingerprint density at radius 3 is 2.50 bits per heavy atom. The van der Waals surface area contributed by atoms with Gasteiger partial charge in [-0.3, -0.25) is 4.99 Å². The number of rotatable bonds is 7. The van der Waals surface area contributed by atoms with E-state index in [0.717, 1.165) is 37.7 Å². The fraction of sp³-hybridized carbons (Fsp3) is 0.429. The molecule has 3 rings (SSSR count). The Balaban J connectivity index is 1.46. The number of ether oxygens (including phenoxy) is 2. The second-order valence-electron chi connectivity index (χ2n) is 6.56. The van der Waals surface area contributed by atoms with Gasteiger partial charge in [-0.05, 0) is 17.7 Å². The van der Waals surface area contributed by atoms with E-state index in [9.17, 15) is 0 Å². The van der Waals surface area contributed by atoms with Gasteiger partial charge in [0.15, 0.2) is 5.96 Å². The molecule has 1 aliphatic rings. The Kier molecular flexibility index (Phi) is 7.49. The fourth-order valence-electron chi connectivity index (χ4n) is 3.16. The molecule has 0 unspecified atom stereocenters. The number of benzene rings is 1. The van der Waals surface area contributed by atoms with Gasteiger partial charge in [0.1, 0.15) is 6.61 Å². The van der Waals surface area contributed by atoms with E-state index in [0.29, 0.717) is 25.6 Å².